The van der Waals surface area contributed by atoms with Crippen molar-refractivity contribution in [3.05, 3.63) is 64.0 Å². The van der Waals surface area contributed by atoms with Crippen LogP contribution in [0, 0.1) is 11.8 Å². The number of carbonyl (C=O) groups is 4. The fraction of sp³-hybridized carbons (Fsp3) is 0.537. The van der Waals surface area contributed by atoms with Crippen LogP contribution in [0.2, 0.25) is 0 Å². The number of aryl methyl sites for hydroxylation is 2. The van der Waals surface area contributed by atoms with Crippen LogP contribution < -0.4 is 21.6 Å². The Morgan fingerprint density at radius 1 is 1.00 bits per heavy atom. The molecule has 1 saturated heterocycles. The third kappa shape index (κ3) is 10.1. The zero-order valence-corrected chi connectivity index (χ0v) is 32.6. The first-order valence-corrected chi connectivity index (χ1v) is 20.0. The van der Waals surface area contributed by atoms with E-state index in [4.69, 9.17) is 4.74 Å². The maximum Gasteiger partial charge on any atom is 0.407 e. The van der Waals surface area contributed by atoms with E-state index in [1.807, 2.05) is 49.0 Å². The lowest BCUT2D eigenvalue weighted by Crippen LogP contribution is -2.44. The molecule has 56 heavy (non-hydrogen) atoms. The van der Waals surface area contributed by atoms with E-state index < -0.39 is 18.0 Å². The third-order valence-electron chi connectivity index (χ3n) is 10.5. The van der Waals surface area contributed by atoms with Crippen molar-refractivity contribution in [3.63, 3.8) is 0 Å². The van der Waals surface area contributed by atoms with Gasteiger partial charge in [0.2, 0.25) is 11.8 Å². The summed E-state index contributed by atoms with van der Waals surface area (Å²) in [6, 6.07) is 8.43. The number of imide groups is 1. The molecule has 3 aromatic heterocycles. The molecule has 3 atom stereocenters. The number of rotatable bonds is 16. The van der Waals surface area contributed by atoms with Crippen molar-refractivity contribution in [1.29, 1.82) is 0 Å². The Morgan fingerprint density at radius 3 is 2.54 bits per heavy atom. The van der Waals surface area contributed by atoms with Crippen LogP contribution in [0.1, 0.15) is 137 Å². The van der Waals surface area contributed by atoms with Gasteiger partial charge in [-0.25, -0.2) is 9.59 Å². The number of hydrogen-bond acceptors (Lipinski definition) is 8. The number of ether oxygens (including phenoxy) is 1. The van der Waals surface area contributed by atoms with Crippen molar-refractivity contribution in [2.24, 2.45) is 7.05 Å². The minimum absolute atomic E-state index is 0.0258. The number of benzene rings is 1. The maximum atomic E-state index is 13.1. The maximum absolute atomic E-state index is 13.1. The molecule has 0 spiro atoms. The molecule has 1 unspecified atom stereocenters. The van der Waals surface area contributed by atoms with Crippen LogP contribution in [0.4, 0.5) is 10.6 Å². The number of aromatic amines is 1. The zero-order valence-electron chi connectivity index (χ0n) is 32.6. The van der Waals surface area contributed by atoms with E-state index >= 15 is 0 Å². The predicted octanol–water partition coefficient (Wildman–Crippen LogP) is 5.82. The minimum Gasteiger partial charge on any atom is -0.446 e. The highest BCUT2D eigenvalue weighted by Crippen LogP contribution is 2.36. The fourth-order valence-corrected chi connectivity index (χ4v) is 7.62. The average Bonchev–Trinajstić information content (AvgIpc) is 3.97. The molecule has 15 nitrogen and oxygen atoms in total. The van der Waals surface area contributed by atoms with Crippen molar-refractivity contribution >= 4 is 40.7 Å². The lowest BCUT2D eigenvalue weighted by molar-refractivity contribution is -0.135. The van der Waals surface area contributed by atoms with Crippen molar-refractivity contribution in [2.45, 2.75) is 134 Å². The van der Waals surface area contributed by atoms with E-state index in [0.29, 0.717) is 35.4 Å². The van der Waals surface area contributed by atoms with Crippen molar-refractivity contribution in [3.8, 4) is 11.8 Å². The molecule has 298 valence electrons. The number of alkyl carbamates (subject to hydrolysis) is 1. The Balaban J connectivity index is 0.836. The standard InChI is InChI=1S/C41H53N9O6/c1-27(2)42-40(54)56-30-19-18-29(25-30)32-26-35(46-45-32)43-38(52)31-22-24-49(47-31)23-13-11-9-7-5-4-6-8-10-12-15-28-16-14-17-33-37(28)48(3)41(55)50(33)34-20-21-36(51)44-39(34)53/h14,16-17,22,24,26-27,29-30,34H,4-11,13,18-21,23,25H2,1-3H3,(H,42,54)(H,44,51,53)(H2,43,45,46,52)/t29-,30+,34?/m0/s1. The third-order valence-corrected chi connectivity index (χ3v) is 10.5. The van der Waals surface area contributed by atoms with Crippen LogP contribution in [-0.4, -0.2) is 65.1 Å². The number of amides is 4. The van der Waals surface area contributed by atoms with E-state index in [1.165, 1.54) is 22.0 Å². The van der Waals surface area contributed by atoms with Crippen LogP contribution in [0.15, 0.2) is 41.3 Å². The second kappa shape index (κ2) is 18.8. The van der Waals surface area contributed by atoms with E-state index in [1.54, 1.807) is 13.1 Å². The Morgan fingerprint density at radius 2 is 1.77 bits per heavy atom. The molecule has 2 fully saturated rings. The number of carbonyl (C=O) groups excluding carboxylic acids is 4. The highest BCUT2D eigenvalue weighted by atomic mass is 16.6. The summed E-state index contributed by atoms with van der Waals surface area (Å²) in [6.45, 7) is 4.54. The van der Waals surface area contributed by atoms with Crippen LogP contribution in [0.5, 0.6) is 0 Å². The van der Waals surface area contributed by atoms with E-state index in [-0.39, 0.29) is 42.0 Å². The van der Waals surface area contributed by atoms with Gasteiger partial charge in [-0.15, -0.1) is 0 Å². The molecule has 1 saturated carbocycles. The van der Waals surface area contributed by atoms with E-state index in [0.717, 1.165) is 75.6 Å². The largest absolute Gasteiger partial charge is 0.446 e. The van der Waals surface area contributed by atoms with Crippen molar-refractivity contribution < 1.29 is 23.9 Å². The topological polar surface area (TPSA) is 187 Å². The molecular weight excluding hydrogens is 715 g/mol. The van der Waals surface area contributed by atoms with Gasteiger partial charge >= 0.3 is 11.8 Å². The molecule has 2 aliphatic rings. The molecule has 0 bridgehead atoms. The number of aromatic nitrogens is 6. The van der Waals surface area contributed by atoms with Crippen molar-refractivity contribution in [1.82, 2.24) is 39.7 Å². The predicted molar refractivity (Wildman–Crippen MR) is 211 cm³/mol. The van der Waals surface area contributed by atoms with E-state index in [9.17, 15) is 24.0 Å². The number of unbranched alkanes of at least 4 members (excludes halogenated alkanes) is 8. The summed E-state index contributed by atoms with van der Waals surface area (Å²) in [5, 5.41) is 19.7. The fourth-order valence-electron chi connectivity index (χ4n) is 7.62. The summed E-state index contributed by atoms with van der Waals surface area (Å²) in [4.78, 5) is 62.0. The molecule has 6 rings (SSSR count). The normalized spacial score (nSPS) is 18.2. The molecule has 4 heterocycles. The van der Waals surface area contributed by atoms with Gasteiger partial charge in [0.1, 0.15) is 12.1 Å². The molecule has 4 N–H and O–H groups in total. The molecule has 1 aliphatic carbocycles. The molecule has 0 radical (unpaired) electrons. The van der Waals surface area contributed by atoms with Gasteiger partial charge in [-0.3, -0.25) is 38.6 Å². The van der Waals surface area contributed by atoms with Crippen LogP contribution in [-0.2, 0) is 27.9 Å². The summed E-state index contributed by atoms with van der Waals surface area (Å²) in [6.07, 6.45) is 13.8. The summed E-state index contributed by atoms with van der Waals surface area (Å²) in [5.41, 5.74) is 3.06. The Hall–Kier alpha value is -5.65. The SMILES string of the molecule is CC(C)NC(=O)O[C@@H]1CC[C@H](c2cc(NC(=O)c3ccn(CCCCCCCCCCC#Cc4cccc5c4n(C)c(=O)n5C4CCC(=O)NC4=O)n3)n[nH]2)C1. The van der Waals surface area contributed by atoms with Gasteiger partial charge in [0.05, 0.1) is 16.6 Å². The van der Waals surface area contributed by atoms with E-state index in [2.05, 4.69) is 43.1 Å². The highest BCUT2D eigenvalue weighted by Gasteiger charge is 2.32. The summed E-state index contributed by atoms with van der Waals surface area (Å²) in [5.74, 6) is 6.07. The molecule has 4 aromatic rings. The Labute approximate surface area is 326 Å². The van der Waals surface area contributed by atoms with Crippen LogP contribution >= 0.6 is 0 Å². The average molecular weight is 768 g/mol. The lowest BCUT2D eigenvalue weighted by atomic mass is 10.0. The van der Waals surface area contributed by atoms with Gasteiger partial charge in [0.15, 0.2) is 11.5 Å². The number of imidazole rings is 1. The Kier molecular flexibility index (Phi) is 13.4. The highest BCUT2D eigenvalue weighted by molar-refractivity contribution is 6.02. The van der Waals surface area contributed by atoms with Crippen LogP contribution in [0.3, 0.4) is 0 Å². The number of nitrogens with zero attached hydrogens (tertiary/aromatic N) is 5. The molecule has 4 amide bonds. The zero-order chi connectivity index (χ0) is 39.6. The second-order valence-electron chi connectivity index (χ2n) is 15.2. The molecular formula is C41H53N9O6. The van der Waals surface area contributed by atoms with Crippen LogP contribution in [0.25, 0.3) is 11.0 Å². The smallest absolute Gasteiger partial charge is 0.407 e. The Bertz CT molecular complexity index is 2150. The lowest BCUT2D eigenvalue weighted by Gasteiger charge is -2.21. The second-order valence-corrected chi connectivity index (χ2v) is 15.2. The summed E-state index contributed by atoms with van der Waals surface area (Å²) < 4.78 is 10.4. The molecule has 1 aromatic carbocycles. The van der Waals surface area contributed by atoms with Crippen molar-refractivity contribution in [2.75, 3.05) is 5.32 Å². The van der Waals surface area contributed by atoms with Gasteiger partial charge in [-0.1, -0.05) is 56.4 Å². The number of anilines is 1. The first kappa shape index (κ1) is 40.0. The molecule has 15 heteroatoms. The first-order valence-electron chi connectivity index (χ1n) is 20.0. The number of H-pyrrole nitrogens is 1. The minimum atomic E-state index is -0.715. The number of fused-ring (bicyclic) bond motifs is 1. The van der Waals surface area contributed by atoms with Gasteiger partial charge in [-0.2, -0.15) is 10.2 Å². The quantitative estimate of drug-likeness (QED) is 0.0624. The number of hydrogen-bond donors (Lipinski definition) is 4. The van der Waals surface area contributed by atoms with Gasteiger partial charge < -0.3 is 15.4 Å². The number of para-hydroxylation sites is 1. The van der Waals surface area contributed by atoms with Gasteiger partial charge in [0.25, 0.3) is 5.91 Å². The van der Waals surface area contributed by atoms with Gasteiger partial charge in [0, 0.05) is 56.4 Å². The molecule has 1 aliphatic heterocycles. The number of piperidine rings is 1. The van der Waals surface area contributed by atoms with Gasteiger partial charge in [-0.05, 0) is 70.6 Å². The summed E-state index contributed by atoms with van der Waals surface area (Å²) >= 11 is 0. The number of nitrogens with one attached hydrogen (secondary N) is 4. The first-order chi connectivity index (χ1) is 27.1. The monoisotopic (exact) mass is 767 g/mol. The summed E-state index contributed by atoms with van der Waals surface area (Å²) in [7, 11) is 1.69.